The maximum Gasteiger partial charge on any atom is 0.137 e. The van der Waals surface area contributed by atoms with Crippen LogP contribution in [0, 0.1) is 0 Å². The summed E-state index contributed by atoms with van der Waals surface area (Å²) in [5, 5.41) is -0.592. The number of benzene rings is 6. The Kier molecular flexibility index (Phi) is 2.24. The molecule has 0 radical (unpaired) electrons. The van der Waals surface area contributed by atoms with Crippen LogP contribution in [-0.4, -0.2) is 0 Å². The second kappa shape index (κ2) is 10.4. The predicted molar refractivity (Wildman–Crippen MR) is 167 cm³/mol. The zero-order valence-electron chi connectivity index (χ0n) is 46.9. The van der Waals surface area contributed by atoms with Gasteiger partial charge in [-0.1, -0.05) is 115 Å². The molecule has 1 aromatic heterocycles. The van der Waals surface area contributed by atoms with Gasteiger partial charge in [-0.05, 0) is 70.6 Å². The van der Waals surface area contributed by atoms with E-state index in [1.165, 1.54) is 0 Å². The highest BCUT2D eigenvalue weighted by Crippen LogP contribution is 2.42. The molecule has 0 N–H and O–H groups in total. The molecule has 0 bridgehead atoms. The summed E-state index contributed by atoms with van der Waals surface area (Å²) in [6.07, 6.45) is 0. The van der Waals surface area contributed by atoms with E-state index in [4.69, 9.17) is 34.6 Å². The van der Waals surface area contributed by atoms with E-state index in [1.807, 2.05) is 0 Å². The van der Waals surface area contributed by atoms with Crippen molar-refractivity contribution < 1.29 is 41.4 Å². The Balaban J connectivity index is 1.74. The number of fused-ring (bicyclic) bond motifs is 1. The standard InChI is InChI=1S/C38H27NO/c1-3-11-28(12-4-1)30-19-23-33(24-20-30)39(34-25-21-31(22-26-34)29-13-5-2-6-14-29)36-17-9-8-16-35(36)38-27-32-15-7-10-18-37(32)40-38/h1-27H/i1D,2D,3D,4D,5D,6D,7D,8D,9D,10D,11D,12D,13D,14D,15D,16D,17D,18D,19D,20D,21D,22D,23D,24D,25D,26D,27D. The summed E-state index contributed by atoms with van der Waals surface area (Å²) in [6, 6.07) is -27.7. The Labute approximate surface area is 272 Å². The fraction of sp³-hybridized carbons (Fsp3) is 0. The largest absolute Gasteiger partial charge is 0.456 e. The van der Waals surface area contributed by atoms with Crippen molar-refractivity contribution in [3.05, 3.63) is 163 Å². The second-order valence-corrected chi connectivity index (χ2v) is 7.77. The van der Waals surface area contributed by atoms with Gasteiger partial charge < -0.3 is 9.32 Å². The van der Waals surface area contributed by atoms with E-state index in [2.05, 4.69) is 0 Å². The van der Waals surface area contributed by atoms with Gasteiger partial charge in [0.25, 0.3) is 0 Å². The van der Waals surface area contributed by atoms with Crippen molar-refractivity contribution in [2.24, 2.45) is 0 Å². The molecule has 0 fully saturated rings. The quantitative estimate of drug-likeness (QED) is 0.208. The lowest BCUT2D eigenvalue weighted by atomic mass is 10.0. The lowest BCUT2D eigenvalue weighted by molar-refractivity contribution is 0.631. The molecule has 2 nitrogen and oxygen atoms in total. The number of para-hydroxylation sites is 2. The highest BCUT2D eigenvalue weighted by molar-refractivity contribution is 5.91. The van der Waals surface area contributed by atoms with Crippen molar-refractivity contribution in [1.82, 2.24) is 0 Å². The van der Waals surface area contributed by atoms with Crippen LogP contribution in [0.5, 0.6) is 0 Å². The first-order valence-electron chi connectivity index (χ1n) is 24.8. The molecule has 40 heavy (non-hydrogen) atoms. The normalized spacial score (nSPS) is 20.4. The Morgan fingerprint density at radius 1 is 0.450 bits per heavy atom. The van der Waals surface area contributed by atoms with Crippen molar-refractivity contribution in [2.45, 2.75) is 0 Å². The molecule has 2 heteroatoms. The van der Waals surface area contributed by atoms with Crippen LogP contribution in [0.15, 0.2) is 168 Å². The second-order valence-electron chi connectivity index (χ2n) is 7.77. The smallest absolute Gasteiger partial charge is 0.137 e. The Hall–Kier alpha value is -5.34. The molecule has 0 aliphatic carbocycles. The van der Waals surface area contributed by atoms with Gasteiger partial charge in [-0.3, -0.25) is 0 Å². The number of rotatable bonds is 6. The van der Waals surface area contributed by atoms with Crippen molar-refractivity contribution in [3.63, 3.8) is 0 Å². The van der Waals surface area contributed by atoms with Crippen molar-refractivity contribution >= 4 is 28.0 Å². The minimum Gasteiger partial charge on any atom is -0.456 e. The Morgan fingerprint density at radius 3 is 1.52 bits per heavy atom. The number of furan rings is 1. The SMILES string of the molecule is [2H]c1c([2H])c([2H])c(-c2c([2H])c([2H])c(N(c3c([2H])c([2H])c(-c4c([2H])c([2H])c([2H])c([2H])c4[2H])c([2H])c3[2H])c3c([2H])c([2H])c([2H])c([2H])c3-c3oc4c([2H])c([2H])c([2H])c([2H])c4c3[2H])c([2H])c2[2H])c([2H])c1[2H]. The number of anilines is 3. The summed E-state index contributed by atoms with van der Waals surface area (Å²) >= 11 is 0. The number of nitrogens with zero attached hydrogens (tertiary/aromatic N) is 1. The molecule has 190 valence electrons. The van der Waals surface area contributed by atoms with Gasteiger partial charge in [0, 0.05) is 22.3 Å². The average molecular weight is 541 g/mol. The molecule has 6 aromatic carbocycles. The van der Waals surface area contributed by atoms with E-state index in [0.29, 0.717) is 4.90 Å². The number of hydrogen-bond acceptors (Lipinski definition) is 2. The summed E-state index contributed by atoms with van der Waals surface area (Å²) in [5.74, 6) is -0.925. The topological polar surface area (TPSA) is 16.4 Å². The van der Waals surface area contributed by atoms with Gasteiger partial charge in [0.2, 0.25) is 0 Å². The van der Waals surface area contributed by atoms with Crippen LogP contribution in [0.4, 0.5) is 17.1 Å². The van der Waals surface area contributed by atoms with Crippen molar-refractivity contribution in [3.8, 4) is 33.6 Å². The van der Waals surface area contributed by atoms with Gasteiger partial charge in [0.15, 0.2) is 0 Å². The Bertz CT molecular complexity index is 3140. The minimum atomic E-state index is -1.25. The van der Waals surface area contributed by atoms with Gasteiger partial charge in [0.05, 0.1) is 42.7 Å². The summed E-state index contributed by atoms with van der Waals surface area (Å²) in [5.41, 5.74) is -8.37. The molecule has 7 rings (SSSR count). The first kappa shape index (κ1) is 8.58. The van der Waals surface area contributed by atoms with Gasteiger partial charge in [-0.15, -0.1) is 0 Å². The van der Waals surface area contributed by atoms with Crippen LogP contribution in [0.25, 0.3) is 44.5 Å². The molecule has 7 aromatic rings. The van der Waals surface area contributed by atoms with E-state index < -0.39 is 225 Å². The lowest BCUT2D eigenvalue weighted by Gasteiger charge is -2.27. The third-order valence-corrected chi connectivity index (χ3v) is 5.38. The average Bonchev–Trinajstić information content (AvgIpc) is 3.64. The molecular weight excluding hydrogens is 486 g/mol. The molecule has 0 saturated carbocycles. The predicted octanol–water partition coefficient (Wildman–Crippen LogP) is 10.9. The van der Waals surface area contributed by atoms with Crippen LogP contribution in [0.3, 0.4) is 0 Å². The summed E-state index contributed by atoms with van der Waals surface area (Å²) < 4.78 is 241. The zero-order valence-corrected chi connectivity index (χ0v) is 19.9. The molecule has 0 saturated heterocycles. The van der Waals surface area contributed by atoms with Crippen molar-refractivity contribution in [2.75, 3.05) is 4.90 Å². The van der Waals surface area contributed by atoms with Crippen LogP contribution in [0.1, 0.15) is 37.0 Å². The maximum atomic E-state index is 9.37. The molecule has 0 unspecified atom stereocenters. The number of hydrogen-bond donors (Lipinski definition) is 0. The molecule has 0 aliphatic heterocycles. The molecule has 0 aliphatic rings. The Morgan fingerprint density at radius 2 is 0.925 bits per heavy atom. The maximum absolute atomic E-state index is 9.37. The van der Waals surface area contributed by atoms with Gasteiger partial charge in [-0.2, -0.15) is 0 Å². The summed E-state index contributed by atoms with van der Waals surface area (Å²) in [4.78, 5) is 0.341. The first-order chi connectivity index (χ1) is 31.1. The zero-order chi connectivity index (χ0) is 50.2. The molecule has 0 atom stereocenters. The van der Waals surface area contributed by atoms with Crippen LogP contribution in [-0.2, 0) is 0 Å². The van der Waals surface area contributed by atoms with Crippen LogP contribution in [0.2, 0.25) is 0 Å². The monoisotopic (exact) mass is 540 g/mol. The summed E-state index contributed by atoms with van der Waals surface area (Å²) in [7, 11) is 0. The molecule has 0 amide bonds. The molecule has 0 spiro atoms. The highest BCUT2D eigenvalue weighted by atomic mass is 16.3. The van der Waals surface area contributed by atoms with Gasteiger partial charge in [0.1, 0.15) is 11.3 Å². The highest BCUT2D eigenvalue weighted by Gasteiger charge is 2.19. The lowest BCUT2D eigenvalue weighted by Crippen LogP contribution is -2.11. The minimum absolute atomic E-state index is 0.341. The van der Waals surface area contributed by atoms with E-state index in [9.17, 15) is 6.85 Å². The van der Waals surface area contributed by atoms with Crippen LogP contribution >= 0.6 is 0 Å². The van der Waals surface area contributed by atoms with Crippen LogP contribution < -0.4 is 4.90 Å². The van der Waals surface area contributed by atoms with E-state index in [1.54, 1.807) is 0 Å². The van der Waals surface area contributed by atoms with E-state index in [0.717, 1.165) is 0 Å². The first-order valence-corrected chi connectivity index (χ1v) is 11.3. The van der Waals surface area contributed by atoms with E-state index >= 15 is 0 Å². The fourth-order valence-corrected chi connectivity index (χ4v) is 3.63. The third-order valence-electron chi connectivity index (χ3n) is 5.38. The third kappa shape index (κ3) is 4.57. The van der Waals surface area contributed by atoms with Gasteiger partial charge in [-0.25, -0.2) is 0 Å². The molecule has 1 heterocycles. The summed E-state index contributed by atoms with van der Waals surface area (Å²) in [6.45, 7) is 0. The van der Waals surface area contributed by atoms with Gasteiger partial charge >= 0.3 is 0 Å². The fourth-order valence-electron chi connectivity index (χ4n) is 3.63. The van der Waals surface area contributed by atoms with E-state index in [-0.39, 0.29) is 0 Å². The molecular formula is C38H27NO. The van der Waals surface area contributed by atoms with Crippen molar-refractivity contribution in [1.29, 1.82) is 0 Å².